The van der Waals surface area contributed by atoms with Gasteiger partial charge in [-0.05, 0) is 12.1 Å². The molecule has 2 aromatic heterocycles. The number of ether oxygens (including phenoxy) is 1. The molecular formula is C15H15FN4O3. The van der Waals surface area contributed by atoms with Crippen LogP contribution in [0.15, 0.2) is 40.2 Å². The van der Waals surface area contributed by atoms with Crippen molar-refractivity contribution < 1.29 is 9.13 Å². The molecule has 0 unspecified atom stereocenters. The SMILES string of the molecule is Cn1c(=O)c2c(ncn2CCOc2ccccc2F)n(C)c1=O. The Kier molecular flexibility index (Phi) is 3.73. The number of halogens is 1. The molecule has 0 atom stereocenters. The van der Waals surface area contributed by atoms with Crippen molar-refractivity contribution in [2.75, 3.05) is 6.61 Å². The lowest BCUT2D eigenvalue weighted by Gasteiger charge is -2.09. The Morgan fingerprint density at radius 1 is 1.17 bits per heavy atom. The Hall–Kier alpha value is -2.90. The number of aryl methyl sites for hydroxylation is 1. The van der Waals surface area contributed by atoms with E-state index >= 15 is 0 Å². The average molecular weight is 318 g/mol. The molecule has 0 bridgehead atoms. The van der Waals surface area contributed by atoms with Gasteiger partial charge in [0.15, 0.2) is 22.7 Å². The predicted molar refractivity (Wildman–Crippen MR) is 82.1 cm³/mol. The van der Waals surface area contributed by atoms with Gasteiger partial charge in [-0.15, -0.1) is 0 Å². The maximum atomic E-state index is 13.5. The maximum absolute atomic E-state index is 13.5. The van der Waals surface area contributed by atoms with E-state index in [1.54, 1.807) is 23.7 Å². The van der Waals surface area contributed by atoms with Crippen molar-refractivity contribution in [2.45, 2.75) is 6.54 Å². The molecule has 0 aliphatic heterocycles. The molecule has 120 valence electrons. The highest BCUT2D eigenvalue weighted by Gasteiger charge is 2.14. The van der Waals surface area contributed by atoms with Crippen molar-refractivity contribution >= 4 is 11.2 Å². The summed E-state index contributed by atoms with van der Waals surface area (Å²) in [6.07, 6.45) is 1.47. The molecular weight excluding hydrogens is 303 g/mol. The van der Waals surface area contributed by atoms with Crippen LogP contribution < -0.4 is 16.0 Å². The summed E-state index contributed by atoms with van der Waals surface area (Å²) in [5.74, 6) is -0.293. The van der Waals surface area contributed by atoms with Crippen LogP contribution in [0.3, 0.4) is 0 Å². The second kappa shape index (κ2) is 5.71. The van der Waals surface area contributed by atoms with E-state index in [2.05, 4.69) is 4.98 Å². The van der Waals surface area contributed by atoms with E-state index < -0.39 is 17.1 Å². The minimum Gasteiger partial charge on any atom is -0.489 e. The lowest BCUT2D eigenvalue weighted by Crippen LogP contribution is -2.37. The first-order chi connectivity index (χ1) is 11.0. The molecule has 0 N–H and O–H groups in total. The van der Waals surface area contributed by atoms with E-state index in [0.29, 0.717) is 17.7 Å². The molecule has 0 spiro atoms. The van der Waals surface area contributed by atoms with Crippen LogP contribution >= 0.6 is 0 Å². The largest absolute Gasteiger partial charge is 0.489 e. The summed E-state index contributed by atoms with van der Waals surface area (Å²) in [5, 5.41) is 0. The average Bonchev–Trinajstić information content (AvgIpc) is 2.97. The van der Waals surface area contributed by atoms with Crippen LogP contribution in [0.5, 0.6) is 5.75 Å². The monoisotopic (exact) mass is 318 g/mol. The summed E-state index contributed by atoms with van der Waals surface area (Å²) in [5.41, 5.74) is -0.238. The standard InChI is InChI=1S/C15H15FN4O3/c1-18-13-12(14(21)19(2)15(18)22)20(9-17-13)7-8-23-11-6-4-3-5-10(11)16/h3-6,9H,7-8H2,1-2H3. The molecule has 1 aromatic carbocycles. The first-order valence-corrected chi connectivity index (χ1v) is 6.99. The highest BCUT2D eigenvalue weighted by atomic mass is 19.1. The first kappa shape index (κ1) is 15.0. The molecule has 0 saturated heterocycles. The number of fused-ring (bicyclic) bond motifs is 1. The van der Waals surface area contributed by atoms with E-state index in [9.17, 15) is 14.0 Å². The van der Waals surface area contributed by atoms with Crippen LogP contribution in [-0.2, 0) is 20.6 Å². The number of aromatic nitrogens is 4. The summed E-state index contributed by atoms with van der Waals surface area (Å²) in [6.45, 7) is 0.469. The minimum atomic E-state index is -0.443. The number of benzene rings is 1. The summed E-state index contributed by atoms with van der Waals surface area (Å²) in [4.78, 5) is 28.2. The number of para-hydroxylation sites is 1. The van der Waals surface area contributed by atoms with Gasteiger partial charge in [0.2, 0.25) is 0 Å². The molecule has 3 aromatic rings. The Morgan fingerprint density at radius 3 is 2.65 bits per heavy atom. The van der Waals surface area contributed by atoms with Gasteiger partial charge in [-0.25, -0.2) is 14.2 Å². The van der Waals surface area contributed by atoms with Crippen molar-refractivity contribution in [1.82, 2.24) is 18.7 Å². The van der Waals surface area contributed by atoms with Crippen LogP contribution in [0.4, 0.5) is 4.39 Å². The van der Waals surface area contributed by atoms with E-state index in [4.69, 9.17) is 4.74 Å². The summed E-state index contributed by atoms with van der Waals surface area (Å²) >= 11 is 0. The number of hydrogen-bond donors (Lipinski definition) is 0. The maximum Gasteiger partial charge on any atom is 0.332 e. The van der Waals surface area contributed by atoms with Crippen molar-refractivity contribution in [3.63, 3.8) is 0 Å². The lowest BCUT2D eigenvalue weighted by molar-refractivity contribution is 0.286. The smallest absolute Gasteiger partial charge is 0.332 e. The third-order valence-electron chi connectivity index (χ3n) is 3.64. The van der Waals surface area contributed by atoms with Gasteiger partial charge in [-0.3, -0.25) is 13.9 Å². The first-order valence-electron chi connectivity index (χ1n) is 6.99. The fraction of sp³-hybridized carbons (Fsp3) is 0.267. The molecule has 7 nitrogen and oxygen atoms in total. The third kappa shape index (κ3) is 2.52. The Bertz CT molecular complexity index is 987. The minimum absolute atomic E-state index is 0.150. The number of rotatable bonds is 4. The fourth-order valence-corrected chi connectivity index (χ4v) is 2.38. The normalized spacial score (nSPS) is 11.1. The Balaban J connectivity index is 1.89. The zero-order valence-electron chi connectivity index (χ0n) is 12.7. The van der Waals surface area contributed by atoms with Crippen molar-refractivity contribution in [2.24, 2.45) is 14.1 Å². The van der Waals surface area contributed by atoms with Gasteiger partial charge < -0.3 is 9.30 Å². The van der Waals surface area contributed by atoms with Gasteiger partial charge in [-0.1, -0.05) is 12.1 Å². The topological polar surface area (TPSA) is 71.0 Å². The molecule has 0 fully saturated rings. The zero-order chi connectivity index (χ0) is 16.6. The molecule has 3 rings (SSSR count). The van der Waals surface area contributed by atoms with Gasteiger partial charge in [0.25, 0.3) is 5.56 Å². The zero-order valence-corrected chi connectivity index (χ0v) is 12.7. The van der Waals surface area contributed by atoms with Gasteiger partial charge in [0, 0.05) is 14.1 Å². The van der Waals surface area contributed by atoms with Gasteiger partial charge >= 0.3 is 5.69 Å². The highest BCUT2D eigenvalue weighted by molar-refractivity contribution is 5.69. The molecule has 0 saturated carbocycles. The summed E-state index contributed by atoms with van der Waals surface area (Å²) < 4.78 is 22.8. The second-order valence-corrected chi connectivity index (χ2v) is 5.09. The molecule has 8 heteroatoms. The summed E-state index contributed by atoms with van der Waals surface area (Å²) in [7, 11) is 2.97. The van der Waals surface area contributed by atoms with Crippen LogP contribution in [0.2, 0.25) is 0 Å². The highest BCUT2D eigenvalue weighted by Crippen LogP contribution is 2.15. The molecule has 0 aliphatic rings. The predicted octanol–water partition coefficient (Wildman–Crippen LogP) is 0.652. The quantitative estimate of drug-likeness (QED) is 0.708. The van der Waals surface area contributed by atoms with Crippen molar-refractivity contribution in [1.29, 1.82) is 0 Å². The molecule has 0 amide bonds. The molecule has 0 aliphatic carbocycles. The van der Waals surface area contributed by atoms with Gasteiger partial charge in [0.05, 0.1) is 12.9 Å². The molecule has 0 radical (unpaired) electrons. The van der Waals surface area contributed by atoms with Crippen molar-refractivity contribution in [3.05, 3.63) is 57.2 Å². The van der Waals surface area contributed by atoms with Crippen LogP contribution in [0.1, 0.15) is 0 Å². The van der Waals surface area contributed by atoms with E-state index in [-0.39, 0.29) is 12.4 Å². The van der Waals surface area contributed by atoms with Crippen LogP contribution in [0.25, 0.3) is 11.2 Å². The third-order valence-corrected chi connectivity index (χ3v) is 3.64. The summed E-state index contributed by atoms with van der Waals surface area (Å²) in [6, 6.07) is 6.10. The lowest BCUT2D eigenvalue weighted by atomic mass is 10.3. The molecule has 23 heavy (non-hydrogen) atoms. The fourth-order valence-electron chi connectivity index (χ4n) is 2.38. The van der Waals surface area contributed by atoms with E-state index in [1.165, 1.54) is 30.1 Å². The van der Waals surface area contributed by atoms with Gasteiger partial charge in [-0.2, -0.15) is 0 Å². The number of hydrogen-bond acceptors (Lipinski definition) is 4. The van der Waals surface area contributed by atoms with E-state index in [0.717, 1.165) is 4.57 Å². The number of imidazole rings is 1. The Morgan fingerprint density at radius 2 is 1.91 bits per heavy atom. The van der Waals surface area contributed by atoms with Gasteiger partial charge in [0.1, 0.15) is 6.61 Å². The van der Waals surface area contributed by atoms with Crippen LogP contribution in [0, 0.1) is 5.82 Å². The Labute approximate surface area is 130 Å². The van der Waals surface area contributed by atoms with E-state index in [1.807, 2.05) is 0 Å². The number of nitrogens with zero attached hydrogens (tertiary/aromatic N) is 4. The van der Waals surface area contributed by atoms with Crippen molar-refractivity contribution in [3.8, 4) is 5.75 Å². The van der Waals surface area contributed by atoms with Crippen LogP contribution in [-0.4, -0.2) is 25.3 Å². The second-order valence-electron chi connectivity index (χ2n) is 5.09. The molecule has 2 heterocycles.